The van der Waals surface area contributed by atoms with Crippen molar-refractivity contribution in [3.63, 3.8) is 0 Å². The highest BCUT2D eigenvalue weighted by molar-refractivity contribution is 5.79. The van der Waals surface area contributed by atoms with Gasteiger partial charge in [-0.15, -0.1) is 0 Å². The maximum atomic E-state index is 4.59. The zero-order valence-electron chi connectivity index (χ0n) is 15.5. The van der Waals surface area contributed by atoms with Crippen LogP contribution in [0, 0.1) is 0 Å². The topological polar surface area (TPSA) is 68.9 Å². The third-order valence-electron chi connectivity index (χ3n) is 5.08. The predicted octanol–water partition coefficient (Wildman–Crippen LogP) is 4.13. The maximum absolute atomic E-state index is 4.59. The Morgan fingerprint density at radius 3 is 3.04 bits per heavy atom. The lowest BCUT2D eigenvalue weighted by Crippen LogP contribution is -2.25. The zero-order valence-corrected chi connectivity index (χ0v) is 15.5. The largest absolute Gasteiger partial charge is 0.383 e. The smallest absolute Gasteiger partial charge is 0.132 e. The van der Waals surface area contributed by atoms with Crippen molar-refractivity contribution in [3.8, 4) is 0 Å². The molecule has 0 spiro atoms. The molecule has 0 bridgehead atoms. The molecule has 4 heterocycles. The second-order valence-electron chi connectivity index (χ2n) is 7.13. The average molecular weight is 370 g/mol. The van der Waals surface area contributed by atoms with E-state index in [0.29, 0.717) is 0 Å². The van der Waals surface area contributed by atoms with Gasteiger partial charge in [-0.25, -0.2) is 4.98 Å². The van der Waals surface area contributed by atoms with Crippen LogP contribution in [0.5, 0.6) is 0 Å². The summed E-state index contributed by atoms with van der Waals surface area (Å²) in [6.07, 6.45) is 7.52. The number of benzene rings is 1. The number of nitrogens with one attached hydrogen (secondary N) is 3. The van der Waals surface area contributed by atoms with Gasteiger partial charge >= 0.3 is 0 Å². The zero-order chi connectivity index (χ0) is 18.8. The first-order chi connectivity index (χ1) is 13.8. The average Bonchev–Trinajstić information content (AvgIpc) is 3.09. The summed E-state index contributed by atoms with van der Waals surface area (Å²) in [5, 5.41) is 8.12. The second kappa shape index (κ2) is 7.32. The molecule has 0 saturated carbocycles. The standard InChI is InChI=1S/C22H22N6/c1-2-19(13-23-6-1)27-22-11-21-18(12-26-22)15-28(9-8-25-21)14-16-3-4-20-17(10-16)5-7-24-20/h1-7,10-13,24-25H,8-9,14-15H2,(H,26,27). The van der Waals surface area contributed by atoms with E-state index in [4.69, 9.17) is 0 Å². The van der Waals surface area contributed by atoms with Gasteiger partial charge in [0.2, 0.25) is 0 Å². The lowest BCUT2D eigenvalue weighted by Gasteiger charge is -2.20. The highest BCUT2D eigenvalue weighted by Gasteiger charge is 2.15. The number of pyridine rings is 2. The van der Waals surface area contributed by atoms with Crippen LogP contribution in [-0.4, -0.2) is 32.9 Å². The third-order valence-corrected chi connectivity index (χ3v) is 5.08. The summed E-state index contributed by atoms with van der Waals surface area (Å²) < 4.78 is 0. The molecule has 4 aromatic rings. The summed E-state index contributed by atoms with van der Waals surface area (Å²) in [7, 11) is 0. The predicted molar refractivity (Wildman–Crippen MR) is 113 cm³/mol. The number of nitrogens with zero attached hydrogens (tertiary/aromatic N) is 3. The minimum absolute atomic E-state index is 0.825. The van der Waals surface area contributed by atoms with Crippen molar-refractivity contribution in [1.82, 2.24) is 19.9 Å². The first-order valence-corrected chi connectivity index (χ1v) is 9.52. The lowest BCUT2D eigenvalue weighted by molar-refractivity contribution is 0.272. The number of aromatic nitrogens is 3. The van der Waals surface area contributed by atoms with Gasteiger partial charge in [0, 0.05) is 67.6 Å². The van der Waals surface area contributed by atoms with Gasteiger partial charge in [0.25, 0.3) is 0 Å². The second-order valence-corrected chi connectivity index (χ2v) is 7.13. The summed E-state index contributed by atoms with van der Waals surface area (Å²) in [5.74, 6) is 0.825. The minimum Gasteiger partial charge on any atom is -0.383 e. The first kappa shape index (κ1) is 16.8. The summed E-state index contributed by atoms with van der Waals surface area (Å²) in [6, 6.07) is 14.7. The fourth-order valence-corrected chi connectivity index (χ4v) is 3.69. The van der Waals surface area contributed by atoms with Gasteiger partial charge in [-0.05, 0) is 41.3 Å². The van der Waals surface area contributed by atoms with Crippen molar-refractivity contribution in [2.45, 2.75) is 13.1 Å². The van der Waals surface area contributed by atoms with Crippen molar-refractivity contribution >= 4 is 28.1 Å². The highest BCUT2D eigenvalue weighted by atomic mass is 15.2. The Labute approximate surface area is 163 Å². The molecule has 6 heteroatoms. The van der Waals surface area contributed by atoms with Crippen LogP contribution in [0.4, 0.5) is 17.2 Å². The normalized spacial score (nSPS) is 14.3. The Bertz CT molecular complexity index is 1090. The number of hydrogen-bond acceptors (Lipinski definition) is 5. The fraction of sp³-hybridized carbons (Fsp3) is 0.182. The van der Waals surface area contributed by atoms with Crippen LogP contribution >= 0.6 is 0 Å². The number of fused-ring (bicyclic) bond motifs is 2. The summed E-state index contributed by atoms with van der Waals surface area (Å²) in [6.45, 7) is 3.71. The van der Waals surface area contributed by atoms with E-state index >= 15 is 0 Å². The Morgan fingerprint density at radius 2 is 2.11 bits per heavy atom. The minimum atomic E-state index is 0.825. The van der Waals surface area contributed by atoms with Gasteiger partial charge < -0.3 is 15.6 Å². The molecule has 140 valence electrons. The van der Waals surface area contributed by atoms with Gasteiger partial charge in [-0.1, -0.05) is 6.07 Å². The molecule has 1 aliphatic heterocycles. The highest BCUT2D eigenvalue weighted by Crippen LogP contribution is 2.25. The molecule has 28 heavy (non-hydrogen) atoms. The fourth-order valence-electron chi connectivity index (χ4n) is 3.69. The summed E-state index contributed by atoms with van der Waals surface area (Å²) in [4.78, 5) is 14.4. The Morgan fingerprint density at radius 1 is 1.11 bits per heavy atom. The molecule has 3 N–H and O–H groups in total. The molecule has 0 amide bonds. The van der Waals surface area contributed by atoms with Gasteiger partial charge in [0.05, 0.1) is 11.9 Å². The van der Waals surface area contributed by atoms with Crippen LogP contribution in [0.25, 0.3) is 10.9 Å². The van der Waals surface area contributed by atoms with Gasteiger partial charge in [-0.3, -0.25) is 9.88 Å². The summed E-state index contributed by atoms with van der Waals surface area (Å²) in [5.41, 5.74) is 5.81. The SMILES string of the molecule is c1cncc(Nc2cc3c(cn2)CN(Cc2ccc4[nH]ccc4c2)CCN3)c1. The van der Waals surface area contributed by atoms with Crippen LogP contribution in [0.2, 0.25) is 0 Å². The van der Waals surface area contributed by atoms with Crippen LogP contribution in [-0.2, 0) is 13.1 Å². The molecule has 0 unspecified atom stereocenters. The van der Waals surface area contributed by atoms with E-state index in [-0.39, 0.29) is 0 Å². The van der Waals surface area contributed by atoms with E-state index in [1.165, 1.54) is 22.0 Å². The van der Waals surface area contributed by atoms with Crippen LogP contribution < -0.4 is 10.6 Å². The van der Waals surface area contributed by atoms with E-state index in [1.54, 1.807) is 12.4 Å². The van der Waals surface area contributed by atoms with Crippen molar-refractivity contribution in [2.75, 3.05) is 23.7 Å². The lowest BCUT2D eigenvalue weighted by atomic mass is 10.1. The van der Waals surface area contributed by atoms with Gasteiger partial charge in [0.1, 0.15) is 5.82 Å². The molecule has 0 aliphatic carbocycles. The van der Waals surface area contributed by atoms with Crippen LogP contribution in [0.1, 0.15) is 11.1 Å². The molecule has 5 rings (SSSR count). The summed E-state index contributed by atoms with van der Waals surface area (Å²) >= 11 is 0. The first-order valence-electron chi connectivity index (χ1n) is 9.52. The van der Waals surface area contributed by atoms with Crippen molar-refractivity contribution in [3.05, 3.63) is 78.4 Å². The molecule has 0 fully saturated rings. The van der Waals surface area contributed by atoms with E-state index in [9.17, 15) is 0 Å². The third kappa shape index (κ3) is 3.54. The van der Waals surface area contributed by atoms with Crippen molar-refractivity contribution in [1.29, 1.82) is 0 Å². The monoisotopic (exact) mass is 370 g/mol. The molecule has 1 aromatic carbocycles. The molecule has 0 atom stereocenters. The Balaban J connectivity index is 1.32. The van der Waals surface area contributed by atoms with Crippen LogP contribution in [0.15, 0.2) is 67.3 Å². The number of anilines is 3. The quantitative estimate of drug-likeness (QED) is 0.504. The van der Waals surface area contributed by atoms with Gasteiger partial charge in [-0.2, -0.15) is 0 Å². The van der Waals surface area contributed by atoms with Crippen LogP contribution in [0.3, 0.4) is 0 Å². The molecular formula is C22H22N6. The molecule has 3 aromatic heterocycles. The number of hydrogen-bond donors (Lipinski definition) is 3. The van der Waals surface area contributed by atoms with Crippen molar-refractivity contribution < 1.29 is 0 Å². The molecule has 1 aliphatic rings. The molecule has 0 saturated heterocycles. The molecular weight excluding hydrogens is 348 g/mol. The van der Waals surface area contributed by atoms with Crippen molar-refractivity contribution in [2.24, 2.45) is 0 Å². The molecule has 6 nitrogen and oxygen atoms in total. The van der Waals surface area contributed by atoms with E-state index < -0.39 is 0 Å². The van der Waals surface area contributed by atoms with E-state index in [2.05, 4.69) is 60.8 Å². The molecule has 0 radical (unpaired) electrons. The number of rotatable bonds is 4. The Kier molecular flexibility index (Phi) is 4.39. The van der Waals surface area contributed by atoms with Gasteiger partial charge in [0.15, 0.2) is 0 Å². The van der Waals surface area contributed by atoms with E-state index in [0.717, 1.165) is 43.4 Å². The number of H-pyrrole nitrogens is 1. The maximum Gasteiger partial charge on any atom is 0.132 e. The number of aromatic amines is 1. The Hall–Kier alpha value is -3.38. The van der Waals surface area contributed by atoms with E-state index in [1.807, 2.05) is 24.5 Å².